The Bertz CT molecular complexity index is 553. The predicted molar refractivity (Wildman–Crippen MR) is 114 cm³/mol. The van der Waals surface area contributed by atoms with Gasteiger partial charge in [-0.15, -0.1) is 24.0 Å². The van der Waals surface area contributed by atoms with Gasteiger partial charge in [0, 0.05) is 17.8 Å². The second-order valence-corrected chi connectivity index (χ2v) is 7.31. The van der Waals surface area contributed by atoms with Crippen LogP contribution in [0.1, 0.15) is 44.2 Å². The first-order valence-corrected chi connectivity index (χ1v) is 9.45. The number of hydrogen-bond acceptors (Lipinski definition) is 3. The number of rotatable bonds is 6. The molecule has 2 atom stereocenters. The summed E-state index contributed by atoms with van der Waals surface area (Å²) in [5.41, 5.74) is 1.81. The third-order valence-electron chi connectivity index (χ3n) is 3.97. The monoisotopic (exact) mass is 458 g/mol. The summed E-state index contributed by atoms with van der Waals surface area (Å²) < 4.78 is 0. The number of nitriles is 1. The molecule has 1 saturated carbocycles. The lowest BCUT2D eigenvalue weighted by molar-refractivity contribution is 0.615. The van der Waals surface area contributed by atoms with Gasteiger partial charge in [0.2, 0.25) is 0 Å². The van der Waals surface area contributed by atoms with Crippen LogP contribution in [0.5, 0.6) is 0 Å². The van der Waals surface area contributed by atoms with Crippen molar-refractivity contribution in [3.05, 3.63) is 35.4 Å². The number of hydrogen-bond donors (Lipinski definition) is 2. The number of benzene rings is 1. The molecular formula is C18H27IN4S. The molecule has 132 valence electrons. The molecule has 0 spiro atoms. The molecule has 1 aliphatic carbocycles. The molecule has 4 nitrogen and oxygen atoms in total. The Morgan fingerprint density at radius 3 is 2.67 bits per heavy atom. The highest BCUT2D eigenvalue weighted by atomic mass is 127. The highest BCUT2D eigenvalue weighted by molar-refractivity contribution is 14.0. The summed E-state index contributed by atoms with van der Waals surface area (Å²) in [6, 6.07) is 10.3. The first kappa shape index (κ1) is 21.1. The lowest BCUT2D eigenvalue weighted by Gasteiger charge is -2.17. The minimum absolute atomic E-state index is 0. The summed E-state index contributed by atoms with van der Waals surface area (Å²) in [7, 11) is 0. The van der Waals surface area contributed by atoms with E-state index in [4.69, 9.17) is 5.26 Å². The van der Waals surface area contributed by atoms with Gasteiger partial charge < -0.3 is 10.6 Å². The molecule has 0 heterocycles. The van der Waals surface area contributed by atoms with Crippen LogP contribution in [0.15, 0.2) is 29.3 Å². The Hall–Kier alpha value is -0.940. The third-order valence-corrected chi connectivity index (χ3v) is 5.21. The fourth-order valence-electron chi connectivity index (χ4n) is 2.83. The van der Waals surface area contributed by atoms with Crippen molar-refractivity contribution in [1.82, 2.24) is 10.6 Å². The molecule has 0 aliphatic heterocycles. The molecule has 2 rings (SSSR count). The molecule has 1 aromatic carbocycles. The molecule has 0 bridgehead atoms. The number of halogens is 1. The minimum Gasteiger partial charge on any atom is -0.357 e. The summed E-state index contributed by atoms with van der Waals surface area (Å²) in [6.07, 6.45) is 3.74. The quantitative estimate of drug-likeness (QED) is 0.386. The van der Waals surface area contributed by atoms with E-state index in [1.54, 1.807) is 0 Å². The van der Waals surface area contributed by atoms with E-state index in [0.717, 1.165) is 23.3 Å². The van der Waals surface area contributed by atoms with Crippen LogP contribution >= 0.6 is 35.7 Å². The van der Waals surface area contributed by atoms with Crippen LogP contribution in [0, 0.1) is 11.3 Å². The molecule has 0 aromatic heterocycles. The highest BCUT2D eigenvalue weighted by Crippen LogP contribution is 2.29. The lowest BCUT2D eigenvalue weighted by Crippen LogP contribution is -2.42. The van der Waals surface area contributed by atoms with Crippen LogP contribution < -0.4 is 10.6 Å². The Labute approximate surface area is 166 Å². The molecule has 2 unspecified atom stereocenters. The maximum Gasteiger partial charge on any atom is 0.191 e. The van der Waals surface area contributed by atoms with E-state index in [1.807, 2.05) is 24.3 Å². The number of nitrogens with one attached hydrogen (secondary N) is 2. The second kappa shape index (κ2) is 11.6. The fourth-order valence-corrected chi connectivity index (χ4v) is 3.97. The van der Waals surface area contributed by atoms with Gasteiger partial charge >= 0.3 is 0 Å². The average Bonchev–Trinajstić information content (AvgIpc) is 3.01. The van der Waals surface area contributed by atoms with Crippen LogP contribution in [-0.4, -0.2) is 29.5 Å². The molecule has 0 amide bonds. The lowest BCUT2D eigenvalue weighted by atomic mass is 10.1. The topological polar surface area (TPSA) is 60.2 Å². The molecule has 1 aliphatic rings. The highest BCUT2D eigenvalue weighted by Gasteiger charge is 2.24. The van der Waals surface area contributed by atoms with E-state index in [2.05, 4.69) is 47.3 Å². The zero-order valence-corrected chi connectivity index (χ0v) is 17.6. The number of aliphatic imine (C=N–C) groups is 1. The van der Waals surface area contributed by atoms with Crippen molar-refractivity contribution in [2.45, 2.75) is 50.9 Å². The SMILES string of the molecule is CCNC(=NCc1ccc(C#N)cc1)NC1CCC(SCC)C1.I. The molecule has 1 fully saturated rings. The minimum atomic E-state index is 0. The van der Waals surface area contributed by atoms with Crippen molar-refractivity contribution < 1.29 is 0 Å². The second-order valence-electron chi connectivity index (χ2n) is 5.74. The van der Waals surface area contributed by atoms with Crippen LogP contribution in [-0.2, 0) is 6.54 Å². The Morgan fingerprint density at radius 2 is 2.04 bits per heavy atom. The van der Waals surface area contributed by atoms with E-state index in [-0.39, 0.29) is 24.0 Å². The molecule has 1 aromatic rings. The van der Waals surface area contributed by atoms with Crippen molar-refractivity contribution in [3.8, 4) is 6.07 Å². The maximum absolute atomic E-state index is 8.84. The molecule has 2 N–H and O–H groups in total. The van der Waals surface area contributed by atoms with Gasteiger partial charge in [-0.05, 0) is 49.6 Å². The van der Waals surface area contributed by atoms with Gasteiger partial charge in [-0.1, -0.05) is 19.1 Å². The Balaban J connectivity index is 0.00000288. The van der Waals surface area contributed by atoms with Crippen LogP contribution in [0.2, 0.25) is 0 Å². The first-order valence-electron chi connectivity index (χ1n) is 8.40. The number of guanidine groups is 1. The van der Waals surface area contributed by atoms with Gasteiger partial charge in [0.25, 0.3) is 0 Å². The van der Waals surface area contributed by atoms with E-state index in [9.17, 15) is 0 Å². The zero-order valence-electron chi connectivity index (χ0n) is 14.4. The van der Waals surface area contributed by atoms with Gasteiger partial charge in [0.15, 0.2) is 5.96 Å². The Morgan fingerprint density at radius 1 is 1.29 bits per heavy atom. The van der Waals surface area contributed by atoms with Crippen molar-refractivity contribution in [3.63, 3.8) is 0 Å². The van der Waals surface area contributed by atoms with Crippen molar-refractivity contribution in [2.75, 3.05) is 12.3 Å². The van der Waals surface area contributed by atoms with Crippen LogP contribution in [0.25, 0.3) is 0 Å². The summed E-state index contributed by atoms with van der Waals surface area (Å²) >= 11 is 2.07. The van der Waals surface area contributed by atoms with Crippen LogP contribution in [0.3, 0.4) is 0 Å². The normalized spacial score (nSPS) is 20.1. The van der Waals surface area contributed by atoms with Gasteiger partial charge in [-0.25, -0.2) is 4.99 Å². The molecule has 0 saturated heterocycles. The summed E-state index contributed by atoms with van der Waals surface area (Å²) in [5.74, 6) is 2.09. The summed E-state index contributed by atoms with van der Waals surface area (Å²) in [4.78, 5) is 4.68. The average molecular weight is 458 g/mol. The fraction of sp³-hybridized carbons (Fsp3) is 0.556. The third kappa shape index (κ3) is 6.89. The predicted octanol–water partition coefficient (Wildman–Crippen LogP) is 3.91. The smallest absolute Gasteiger partial charge is 0.191 e. The molecule has 6 heteroatoms. The summed E-state index contributed by atoms with van der Waals surface area (Å²) in [5, 5.41) is 16.5. The zero-order chi connectivity index (χ0) is 16.5. The van der Waals surface area contributed by atoms with E-state index < -0.39 is 0 Å². The van der Waals surface area contributed by atoms with E-state index in [0.29, 0.717) is 18.2 Å². The molecule has 0 radical (unpaired) electrons. The summed E-state index contributed by atoms with van der Waals surface area (Å²) in [6.45, 7) is 5.80. The van der Waals surface area contributed by atoms with Gasteiger partial charge in [0.1, 0.15) is 0 Å². The van der Waals surface area contributed by atoms with Crippen molar-refractivity contribution >= 4 is 41.7 Å². The standard InChI is InChI=1S/C18H26N4S.HI/c1-3-20-18(22-16-9-10-17(11-16)23-4-2)21-13-15-7-5-14(12-19)6-8-15;/h5-8,16-17H,3-4,9-11,13H2,1-2H3,(H2,20,21,22);1H. The number of nitrogens with zero attached hydrogens (tertiary/aromatic N) is 2. The van der Waals surface area contributed by atoms with E-state index in [1.165, 1.54) is 25.0 Å². The molecular weight excluding hydrogens is 431 g/mol. The van der Waals surface area contributed by atoms with Crippen molar-refractivity contribution in [1.29, 1.82) is 5.26 Å². The number of thioether (sulfide) groups is 1. The van der Waals surface area contributed by atoms with Crippen molar-refractivity contribution in [2.24, 2.45) is 4.99 Å². The van der Waals surface area contributed by atoms with Gasteiger partial charge in [-0.2, -0.15) is 17.0 Å². The molecule has 24 heavy (non-hydrogen) atoms. The van der Waals surface area contributed by atoms with Gasteiger partial charge in [-0.3, -0.25) is 0 Å². The first-order chi connectivity index (χ1) is 11.2. The van der Waals surface area contributed by atoms with E-state index >= 15 is 0 Å². The van der Waals surface area contributed by atoms with Crippen LogP contribution in [0.4, 0.5) is 0 Å². The maximum atomic E-state index is 8.84. The largest absolute Gasteiger partial charge is 0.357 e. The van der Waals surface area contributed by atoms with Gasteiger partial charge in [0.05, 0.1) is 18.2 Å². The Kier molecular flexibility index (Phi) is 10.2.